The van der Waals surface area contributed by atoms with Crippen molar-refractivity contribution in [1.82, 2.24) is 10.2 Å². The van der Waals surface area contributed by atoms with Gasteiger partial charge < -0.3 is 10.2 Å². The molecule has 0 aliphatic carbocycles. The third-order valence-electron chi connectivity index (χ3n) is 4.44. The lowest BCUT2D eigenvalue weighted by molar-refractivity contribution is -0.384. The first-order valence-electron chi connectivity index (χ1n) is 8.53. The van der Waals surface area contributed by atoms with E-state index in [9.17, 15) is 14.9 Å². The van der Waals surface area contributed by atoms with Crippen molar-refractivity contribution in [3.05, 3.63) is 64.2 Å². The van der Waals surface area contributed by atoms with Crippen LogP contribution < -0.4 is 5.32 Å². The number of benzene rings is 2. The van der Waals surface area contributed by atoms with Gasteiger partial charge in [0, 0.05) is 35.0 Å². The number of amides is 1. The van der Waals surface area contributed by atoms with Gasteiger partial charge in [0.05, 0.1) is 10.5 Å². The first-order chi connectivity index (χ1) is 12.6. The molecule has 1 heterocycles. The lowest BCUT2D eigenvalue weighted by atomic mass is 10.1. The summed E-state index contributed by atoms with van der Waals surface area (Å²) < 4.78 is 0. The number of likely N-dealkylation sites (tertiary alicyclic amines) is 1. The van der Waals surface area contributed by atoms with E-state index in [1.54, 1.807) is 11.0 Å². The first kappa shape index (κ1) is 21.2. The molecule has 6 nitrogen and oxygen atoms in total. The number of hydrogen-bond donors (Lipinski definition) is 1. The van der Waals surface area contributed by atoms with E-state index >= 15 is 0 Å². The first-order valence-corrected chi connectivity index (χ1v) is 9.35. The van der Waals surface area contributed by atoms with Gasteiger partial charge in [0.1, 0.15) is 0 Å². The Hall–Kier alpha value is -2.09. The second kappa shape index (κ2) is 9.73. The zero-order valence-corrected chi connectivity index (χ0v) is 16.6. The zero-order chi connectivity index (χ0) is 18.5. The molecule has 1 aliphatic rings. The maximum atomic E-state index is 13.1. The normalized spacial score (nSPS) is 16.0. The zero-order valence-electron chi connectivity index (χ0n) is 15.0. The highest BCUT2D eigenvalue weighted by Crippen LogP contribution is 2.34. The SMILES string of the molecule is CNCC1CCN(C(=O)c2cc([N+](=O)[O-])ccc2Sc2ccccc2)C1.Cl. The Bertz CT molecular complexity index is 804. The highest BCUT2D eigenvalue weighted by molar-refractivity contribution is 7.99. The third kappa shape index (κ3) is 5.22. The summed E-state index contributed by atoms with van der Waals surface area (Å²) in [7, 11) is 1.90. The number of nitro benzene ring substituents is 1. The van der Waals surface area contributed by atoms with Gasteiger partial charge in [-0.05, 0) is 44.1 Å². The van der Waals surface area contributed by atoms with Crippen LogP contribution in [0.1, 0.15) is 16.8 Å². The molecular weight excluding hydrogens is 386 g/mol. The van der Waals surface area contributed by atoms with Gasteiger partial charge in [-0.15, -0.1) is 12.4 Å². The van der Waals surface area contributed by atoms with Crippen molar-refractivity contribution < 1.29 is 9.72 Å². The van der Waals surface area contributed by atoms with Crippen LogP contribution in [0.5, 0.6) is 0 Å². The fourth-order valence-corrected chi connectivity index (χ4v) is 4.09. The molecule has 3 rings (SSSR count). The molecule has 27 heavy (non-hydrogen) atoms. The number of nitro groups is 1. The third-order valence-corrected chi connectivity index (χ3v) is 5.53. The van der Waals surface area contributed by atoms with Gasteiger partial charge in [-0.2, -0.15) is 0 Å². The van der Waals surface area contributed by atoms with Gasteiger partial charge in [-0.1, -0.05) is 30.0 Å². The van der Waals surface area contributed by atoms with Crippen LogP contribution in [-0.4, -0.2) is 42.4 Å². The fraction of sp³-hybridized carbons (Fsp3) is 0.316. The predicted molar refractivity (Wildman–Crippen MR) is 109 cm³/mol. The van der Waals surface area contributed by atoms with Gasteiger partial charge in [0.2, 0.25) is 0 Å². The molecule has 8 heteroatoms. The van der Waals surface area contributed by atoms with Crippen LogP contribution in [0.3, 0.4) is 0 Å². The molecule has 1 amide bonds. The monoisotopic (exact) mass is 407 g/mol. The number of halogens is 1. The average molecular weight is 408 g/mol. The van der Waals surface area contributed by atoms with Crippen LogP contribution in [0.15, 0.2) is 58.3 Å². The fourth-order valence-electron chi connectivity index (χ4n) is 3.15. The quantitative estimate of drug-likeness (QED) is 0.581. The number of carbonyl (C=O) groups excluding carboxylic acids is 1. The van der Waals surface area contributed by atoms with Gasteiger partial charge in [-0.25, -0.2) is 0 Å². The van der Waals surface area contributed by atoms with Crippen molar-refractivity contribution in [2.45, 2.75) is 16.2 Å². The summed E-state index contributed by atoms with van der Waals surface area (Å²) in [5.41, 5.74) is 0.342. The second-order valence-electron chi connectivity index (χ2n) is 6.32. The van der Waals surface area contributed by atoms with Crippen LogP contribution in [0.25, 0.3) is 0 Å². The van der Waals surface area contributed by atoms with Crippen LogP contribution in [0.4, 0.5) is 5.69 Å². The van der Waals surface area contributed by atoms with E-state index in [1.165, 1.54) is 23.9 Å². The summed E-state index contributed by atoms with van der Waals surface area (Å²) >= 11 is 1.45. The Labute approximate surface area is 168 Å². The van der Waals surface area contributed by atoms with Crippen molar-refractivity contribution in [3.63, 3.8) is 0 Å². The van der Waals surface area contributed by atoms with E-state index in [2.05, 4.69) is 5.32 Å². The van der Waals surface area contributed by atoms with E-state index in [1.807, 2.05) is 37.4 Å². The molecule has 1 aliphatic heterocycles. The number of nitrogens with zero attached hydrogens (tertiary/aromatic N) is 2. The highest BCUT2D eigenvalue weighted by Gasteiger charge is 2.29. The molecule has 1 atom stereocenters. The van der Waals surface area contributed by atoms with E-state index in [4.69, 9.17) is 0 Å². The lowest BCUT2D eigenvalue weighted by Gasteiger charge is -2.18. The van der Waals surface area contributed by atoms with E-state index < -0.39 is 4.92 Å². The molecule has 1 N–H and O–H groups in total. The van der Waals surface area contributed by atoms with Crippen molar-refractivity contribution in [1.29, 1.82) is 0 Å². The molecule has 0 radical (unpaired) electrons. The lowest BCUT2D eigenvalue weighted by Crippen LogP contribution is -2.30. The molecular formula is C19H22ClN3O3S. The highest BCUT2D eigenvalue weighted by atomic mass is 35.5. The number of non-ortho nitro benzene ring substituents is 1. The van der Waals surface area contributed by atoms with Gasteiger partial charge in [0.15, 0.2) is 0 Å². The molecule has 1 unspecified atom stereocenters. The standard InChI is InChI=1S/C19H21N3O3S.ClH/c1-20-12-14-9-10-21(13-14)19(23)17-11-15(22(24)25)7-8-18(17)26-16-5-3-2-4-6-16;/h2-8,11,14,20H,9-10,12-13H2,1H3;1H. The Balaban J connectivity index is 0.00000261. The minimum absolute atomic E-state index is 0. The second-order valence-corrected chi connectivity index (χ2v) is 7.43. The molecule has 1 fully saturated rings. The van der Waals surface area contributed by atoms with Crippen LogP contribution in [0.2, 0.25) is 0 Å². The molecule has 0 aromatic heterocycles. The molecule has 0 saturated carbocycles. The topological polar surface area (TPSA) is 75.5 Å². The van der Waals surface area contributed by atoms with E-state index in [-0.39, 0.29) is 24.0 Å². The Kier molecular flexibility index (Phi) is 7.65. The molecule has 144 valence electrons. The summed E-state index contributed by atoms with van der Waals surface area (Å²) in [6.45, 7) is 2.23. The van der Waals surface area contributed by atoms with E-state index in [0.29, 0.717) is 24.6 Å². The van der Waals surface area contributed by atoms with Gasteiger partial charge in [0.25, 0.3) is 11.6 Å². The van der Waals surface area contributed by atoms with Gasteiger partial charge in [-0.3, -0.25) is 14.9 Å². The van der Waals surface area contributed by atoms with Crippen molar-refractivity contribution >= 4 is 35.8 Å². The van der Waals surface area contributed by atoms with Crippen LogP contribution in [-0.2, 0) is 0 Å². The minimum Gasteiger partial charge on any atom is -0.338 e. The number of hydrogen-bond acceptors (Lipinski definition) is 5. The maximum Gasteiger partial charge on any atom is 0.270 e. The van der Waals surface area contributed by atoms with Crippen molar-refractivity contribution in [3.8, 4) is 0 Å². The summed E-state index contributed by atoms with van der Waals surface area (Å²) in [5.74, 6) is 0.290. The van der Waals surface area contributed by atoms with E-state index in [0.717, 1.165) is 22.8 Å². The Morgan fingerprint density at radius 2 is 2.04 bits per heavy atom. The molecule has 2 aromatic rings. The number of carbonyl (C=O) groups is 1. The largest absolute Gasteiger partial charge is 0.338 e. The van der Waals surface area contributed by atoms with Crippen LogP contribution in [0, 0.1) is 16.0 Å². The maximum absolute atomic E-state index is 13.1. The molecule has 2 aromatic carbocycles. The number of rotatable bonds is 6. The smallest absolute Gasteiger partial charge is 0.270 e. The molecule has 0 bridgehead atoms. The average Bonchev–Trinajstić information content (AvgIpc) is 3.11. The van der Waals surface area contributed by atoms with Crippen molar-refractivity contribution in [2.24, 2.45) is 5.92 Å². The minimum atomic E-state index is -0.457. The summed E-state index contributed by atoms with van der Waals surface area (Å²) in [6.07, 6.45) is 0.947. The molecule has 0 spiro atoms. The number of nitrogens with one attached hydrogen (secondary N) is 1. The van der Waals surface area contributed by atoms with Crippen molar-refractivity contribution in [2.75, 3.05) is 26.7 Å². The predicted octanol–water partition coefficient (Wildman–Crippen LogP) is 3.85. The molecule has 1 saturated heterocycles. The summed E-state index contributed by atoms with van der Waals surface area (Å²) in [4.78, 5) is 27.3. The Morgan fingerprint density at radius 3 is 2.70 bits per heavy atom. The van der Waals surface area contributed by atoms with Crippen LogP contribution >= 0.6 is 24.2 Å². The summed E-state index contributed by atoms with van der Waals surface area (Å²) in [5, 5.41) is 14.3. The van der Waals surface area contributed by atoms with Gasteiger partial charge >= 0.3 is 0 Å². The summed E-state index contributed by atoms with van der Waals surface area (Å²) in [6, 6.07) is 14.2. The Morgan fingerprint density at radius 1 is 1.30 bits per heavy atom.